The van der Waals surface area contributed by atoms with E-state index in [0.717, 1.165) is 25.3 Å². The van der Waals surface area contributed by atoms with Crippen LogP contribution in [0.2, 0.25) is 5.02 Å². The molecule has 140 valence electrons. The number of urea groups is 1. The number of benzene rings is 1. The lowest BCUT2D eigenvalue weighted by atomic mass is 10.0. The SMILES string of the molecule is CCOc1ccc(NC(=O)NCCCCN2CCCC(C)C2)cc1Cl. The molecule has 1 saturated heterocycles. The van der Waals surface area contributed by atoms with E-state index in [1.165, 1.54) is 25.9 Å². The number of nitrogens with zero attached hydrogens (tertiary/aromatic N) is 1. The average molecular weight is 368 g/mol. The van der Waals surface area contributed by atoms with Crippen LogP contribution in [0.3, 0.4) is 0 Å². The van der Waals surface area contributed by atoms with Crippen LogP contribution in [0.5, 0.6) is 5.75 Å². The Morgan fingerprint density at radius 2 is 2.24 bits per heavy atom. The lowest BCUT2D eigenvalue weighted by molar-refractivity contribution is 0.181. The number of carbonyl (C=O) groups excluding carboxylic acids is 1. The van der Waals surface area contributed by atoms with Crippen molar-refractivity contribution >= 4 is 23.3 Å². The van der Waals surface area contributed by atoms with Gasteiger partial charge in [0.1, 0.15) is 5.75 Å². The number of hydrogen-bond donors (Lipinski definition) is 2. The monoisotopic (exact) mass is 367 g/mol. The van der Waals surface area contributed by atoms with Gasteiger partial charge in [-0.2, -0.15) is 0 Å². The highest BCUT2D eigenvalue weighted by Crippen LogP contribution is 2.27. The van der Waals surface area contributed by atoms with Crippen LogP contribution in [0.1, 0.15) is 39.5 Å². The molecule has 0 spiro atoms. The maximum atomic E-state index is 11.9. The van der Waals surface area contributed by atoms with Crippen molar-refractivity contribution in [1.82, 2.24) is 10.2 Å². The van der Waals surface area contributed by atoms with Crippen LogP contribution in [-0.2, 0) is 0 Å². The fourth-order valence-corrected chi connectivity index (χ4v) is 3.41. The van der Waals surface area contributed by atoms with Crippen molar-refractivity contribution in [3.8, 4) is 5.75 Å². The molecule has 0 saturated carbocycles. The zero-order chi connectivity index (χ0) is 18.1. The highest BCUT2D eigenvalue weighted by Gasteiger charge is 2.15. The van der Waals surface area contributed by atoms with Crippen molar-refractivity contribution in [1.29, 1.82) is 0 Å². The zero-order valence-corrected chi connectivity index (χ0v) is 16.1. The standard InChI is InChI=1S/C19H30ClN3O2/c1-3-25-18-9-8-16(13-17(18)20)22-19(24)21-10-4-5-11-23-12-6-7-15(2)14-23/h8-9,13,15H,3-7,10-12,14H2,1-2H3,(H2,21,22,24). The van der Waals surface area contributed by atoms with Crippen molar-refractivity contribution in [2.45, 2.75) is 39.5 Å². The minimum atomic E-state index is -0.202. The number of unbranched alkanes of at least 4 members (excludes halogenated alkanes) is 1. The largest absolute Gasteiger partial charge is 0.492 e. The van der Waals surface area contributed by atoms with Gasteiger partial charge in [0.15, 0.2) is 0 Å². The molecule has 1 heterocycles. The van der Waals surface area contributed by atoms with Crippen molar-refractivity contribution in [3.05, 3.63) is 23.2 Å². The van der Waals surface area contributed by atoms with Crippen LogP contribution in [0.15, 0.2) is 18.2 Å². The Morgan fingerprint density at radius 1 is 1.40 bits per heavy atom. The second-order valence-corrected chi connectivity index (χ2v) is 7.12. The predicted molar refractivity (Wildman–Crippen MR) is 104 cm³/mol. The Kier molecular flexibility index (Phi) is 8.35. The summed E-state index contributed by atoms with van der Waals surface area (Å²) in [6, 6.07) is 5.05. The normalized spacial score (nSPS) is 18.0. The first-order valence-corrected chi connectivity index (χ1v) is 9.66. The molecule has 0 bridgehead atoms. The molecule has 2 rings (SSSR count). The Labute approximate surface area is 156 Å². The van der Waals surface area contributed by atoms with E-state index in [4.69, 9.17) is 16.3 Å². The molecule has 1 aliphatic heterocycles. The second-order valence-electron chi connectivity index (χ2n) is 6.71. The molecule has 1 aromatic carbocycles. The molecule has 0 radical (unpaired) electrons. The molecule has 1 unspecified atom stereocenters. The third kappa shape index (κ3) is 7.12. The third-order valence-corrected chi connectivity index (χ3v) is 4.71. The second kappa shape index (κ2) is 10.5. The van der Waals surface area contributed by atoms with Crippen molar-refractivity contribution in [2.24, 2.45) is 5.92 Å². The van der Waals surface area contributed by atoms with Crippen LogP contribution in [0.25, 0.3) is 0 Å². The molecule has 1 aromatic rings. The van der Waals surface area contributed by atoms with Gasteiger partial charge in [-0.3, -0.25) is 0 Å². The van der Waals surface area contributed by atoms with E-state index in [0.29, 0.717) is 29.6 Å². The molecule has 2 N–H and O–H groups in total. The number of carbonyl (C=O) groups is 1. The number of amides is 2. The fourth-order valence-electron chi connectivity index (χ4n) is 3.18. The summed E-state index contributed by atoms with van der Waals surface area (Å²) in [6.45, 7) is 9.03. The molecule has 6 heteroatoms. The van der Waals surface area contributed by atoms with E-state index in [1.807, 2.05) is 6.92 Å². The van der Waals surface area contributed by atoms with Crippen LogP contribution in [-0.4, -0.2) is 43.7 Å². The summed E-state index contributed by atoms with van der Waals surface area (Å²) >= 11 is 6.12. The summed E-state index contributed by atoms with van der Waals surface area (Å²) in [7, 11) is 0. The summed E-state index contributed by atoms with van der Waals surface area (Å²) in [5, 5.41) is 6.19. The van der Waals surface area contributed by atoms with E-state index in [1.54, 1.807) is 18.2 Å². The Balaban J connectivity index is 1.61. The van der Waals surface area contributed by atoms with Gasteiger partial charge in [-0.1, -0.05) is 18.5 Å². The van der Waals surface area contributed by atoms with Gasteiger partial charge in [-0.25, -0.2) is 4.79 Å². The maximum absolute atomic E-state index is 11.9. The number of hydrogen-bond acceptors (Lipinski definition) is 3. The fraction of sp³-hybridized carbons (Fsp3) is 0.632. The molecule has 1 aliphatic rings. The average Bonchev–Trinajstić information content (AvgIpc) is 2.57. The number of nitrogens with one attached hydrogen (secondary N) is 2. The minimum Gasteiger partial charge on any atom is -0.492 e. The highest BCUT2D eigenvalue weighted by atomic mass is 35.5. The van der Waals surface area contributed by atoms with E-state index < -0.39 is 0 Å². The molecular weight excluding hydrogens is 338 g/mol. The van der Waals surface area contributed by atoms with Crippen LogP contribution >= 0.6 is 11.6 Å². The van der Waals surface area contributed by atoms with Gasteiger partial charge in [0, 0.05) is 18.8 Å². The van der Waals surface area contributed by atoms with Gasteiger partial charge in [-0.05, 0) is 69.8 Å². The smallest absolute Gasteiger partial charge is 0.319 e. The highest BCUT2D eigenvalue weighted by molar-refractivity contribution is 6.32. The number of piperidine rings is 1. The van der Waals surface area contributed by atoms with Crippen molar-refractivity contribution in [2.75, 3.05) is 38.1 Å². The van der Waals surface area contributed by atoms with Gasteiger partial charge in [0.05, 0.1) is 11.6 Å². The first kappa shape index (κ1) is 19.9. The third-order valence-electron chi connectivity index (χ3n) is 4.42. The molecule has 0 aromatic heterocycles. The first-order chi connectivity index (χ1) is 12.1. The zero-order valence-electron chi connectivity index (χ0n) is 15.3. The van der Waals surface area contributed by atoms with Crippen LogP contribution in [0, 0.1) is 5.92 Å². The van der Waals surface area contributed by atoms with Gasteiger partial charge in [0.2, 0.25) is 0 Å². The number of likely N-dealkylation sites (tertiary alicyclic amines) is 1. The Bertz CT molecular complexity index is 553. The lowest BCUT2D eigenvalue weighted by Gasteiger charge is -2.30. The van der Waals surface area contributed by atoms with Crippen molar-refractivity contribution in [3.63, 3.8) is 0 Å². The first-order valence-electron chi connectivity index (χ1n) is 9.28. The number of anilines is 1. The predicted octanol–water partition coefficient (Wildman–Crippen LogP) is 4.37. The van der Waals surface area contributed by atoms with Gasteiger partial charge >= 0.3 is 6.03 Å². The number of ether oxygens (including phenoxy) is 1. The Hall–Kier alpha value is -1.46. The summed E-state index contributed by atoms with van der Waals surface area (Å²) in [4.78, 5) is 14.5. The van der Waals surface area contributed by atoms with Crippen LogP contribution < -0.4 is 15.4 Å². The summed E-state index contributed by atoms with van der Waals surface area (Å²) in [5.41, 5.74) is 0.660. The molecule has 2 amide bonds. The van der Waals surface area contributed by atoms with Crippen LogP contribution in [0.4, 0.5) is 10.5 Å². The number of halogens is 1. The molecule has 5 nitrogen and oxygen atoms in total. The van der Waals surface area contributed by atoms with Gasteiger partial charge in [-0.15, -0.1) is 0 Å². The lowest BCUT2D eigenvalue weighted by Crippen LogP contribution is -2.35. The topological polar surface area (TPSA) is 53.6 Å². The summed E-state index contributed by atoms with van der Waals surface area (Å²) in [5.74, 6) is 1.45. The van der Waals surface area contributed by atoms with E-state index in [2.05, 4.69) is 22.5 Å². The van der Waals surface area contributed by atoms with Crippen molar-refractivity contribution < 1.29 is 9.53 Å². The molecule has 0 aliphatic carbocycles. The number of rotatable bonds is 8. The molecule has 1 fully saturated rings. The van der Waals surface area contributed by atoms with E-state index >= 15 is 0 Å². The summed E-state index contributed by atoms with van der Waals surface area (Å²) in [6.07, 6.45) is 4.77. The van der Waals surface area contributed by atoms with Gasteiger partial charge in [0.25, 0.3) is 0 Å². The molecule has 25 heavy (non-hydrogen) atoms. The van der Waals surface area contributed by atoms with E-state index in [9.17, 15) is 4.79 Å². The quantitative estimate of drug-likeness (QED) is 0.671. The van der Waals surface area contributed by atoms with E-state index in [-0.39, 0.29) is 6.03 Å². The Morgan fingerprint density at radius 3 is 2.96 bits per heavy atom. The molecule has 1 atom stereocenters. The van der Waals surface area contributed by atoms with Gasteiger partial charge < -0.3 is 20.3 Å². The summed E-state index contributed by atoms with van der Waals surface area (Å²) < 4.78 is 5.38. The minimum absolute atomic E-state index is 0.202. The maximum Gasteiger partial charge on any atom is 0.319 e. The molecular formula is C19H30ClN3O2.